The Kier molecular flexibility index (Phi) is 2.33. The zero-order chi connectivity index (χ0) is 9.26. The molecule has 1 unspecified atom stereocenters. The normalized spacial score (nSPS) is 22.3. The van der Waals surface area contributed by atoms with Gasteiger partial charge in [0.05, 0.1) is 0 Å². The van der Waals surface area contributed by atoms with Crippen molar-refractivity contribution in [2.24, 2.45) is 5.73 Å². The van der Waals surface area contributed by atoms with E-state index in [2.05, 4.69) is 14.9 Å². The van der Waals surface area contributed by atoms with Gasteiger partial charge in [-0.2, -0.15) is 0 Å². The number of aromatic nitrogens is 2. The van der Waals surface area contributed by atoms with Gasteiger partial charge in [0, 0.05) is 25.3 Å². The van der Waals surface area contributed by atoms with Crippen LogP contribution in [0.1, 0.15) is 6.42 Å². The van der Waals surface area contributed by atoms with Gasteiger partial charge in [0.25, 0.3) is 0 Å². The minimum Gasteiger partial charge on any atom is -0.339 e. The molecule has 1 aliphatic heterocycles. The molecule has 2 N–H and O–H groups in total. The molecule has 1 atom stereocenters. The first-order valence-corrected chi connectivity index (χ1v) is 4.62. The van der Waals surface area contributed by atoms with Crippen LogP contribution in [-0.2, 0) is 0 Å². The Morgan fingerprint density at radius 3 is 3.08 bits per heavy atom. The third-order valence-corrected chi connectivity index (χ3v) is 2.33. The number of nitrogens with zero attached hydrogens (tertiary/aromatic N) is 3. The Hall–Kier alpha value is -0.870. The van der Waals surface area contributed by atoms with Gasteiger partial charge in [-0.15, -0.1) is 0 Å². The van der Waals surface area contributed by atoms with Crippen LogP contribution in [0.15, 0.2) is 12.3 Å². The third-order valence-electron chi connectivity index (χ3n) is 2.12. The quantitative estimate of drug-likeness (QED) is 0.674. The van der Waals surface area contributed by atoms with Crippen molar-refractivity contribution in [1.29, 1.82) is 0 Å². The number of rotatable bonds is 1. The van der Waals surface area contributed by atoms with Crippen molar-refractivity contribution in [3.8, 4) is 0 Å². The van der Waals surface area contributed by atoms with Crippen LogP contribution in [0.3, 0.4) is 0 Å². The Labute approximate surface area is 81.7 Å². The summed E-state index contributed by atoms with van der Waals surface area (Å²) in [6.07, 6.45) is 2.66. The number of hydrogen-bond donors (Lipinski definition) is 1. The summed E-state index contributed by atoms with van der Waals surface area (Å²) < 4.78 is 0. The van der Waals surface area contributed by atoms with E-state index in [0.717, 1.165) is 19.5 Å². The summed E-state index contributed by atoms with van der Waals surface area (Å²) in [4.78, 5) is 10.3. The molecule has 1 aromatic rings. The van der Waals surface area contributed by atoms with Gasteiger partial charge in [0.1, 0.15) is 5.15 Å². The first-order chi connectivity index (χ1) is 6.25. The molecule has 0 saturated carbocycles. The minimum atomic E-state index is 0.239. The first kappa shape index (κ1) is 8.72. The lowest BCUT2D eigenvalue weighted by atomic mass is 10.3. The van der Waals surface area contributed by atoms with Crippen LogP contribution in [0, 0.1) is 0 Å². The Balaban J connectivity index is 2.16. The molecule has 70 valence electrons. The van der Waals surface area contributed by atoms with E-state index in [-0.39, 0.29) is 6.04 Å². The van der Waals surface area contributed by atoms with E-state index in [1.807, 2.05) is 0 Å². The monoisotopic (exact) mass is 198 g/mol. The standard InChI is InChI=1S/C8H11ClN4/c9-7-1-3-11-8(12-7)13-4-2-6(10)5-13/h1,3,6H,2,4-5,10H2. The predicted molar refractivity (Wildman–Crippen MR) is 51.8 cm³/mol. The van der Waals surface area contributed by atoms with E-state index < -0.39 is 0 Å². The van der Waals surface area contributed by atoms with Crippen LogP contribution in [0.4, 0.5) is 5.95 Å². The summed E-state index contributed by atoms with van der Waals surface area (Å²) in [5.74, 6) is 0.681. The maximum Gasteiger partial charge on any atom is 0.226 e. The number of anilines is 1. The second-order valence-electron chi connectivity index (χ2n) is 3.17. The van der Waals surface area contributed by atoms with E-state index in [1.54, 1.807) is 12.3 Å². The summed E-state index contributed by atoms with van der Waals surface area (Å²) in [7, 11) is 0. The van der Waals surface area contributed by atoms with E-state index >= 15 is 0 Å². The molecule has 1 aromatic heterocycles. The topological polar surface area (TPSA) is 55.0 Å². The lowest BCUT2D eigenvalue weighted by molar-refractivity contribution is 0.750. The largest absolute Gasteiger partial charge is 0.339 e. The van der Waals surface area contributed by atoms with Crippen LogP contribution < -0.4 is 10.6 Å². The van der Waals surface area contributed by atoms with Crippen molar-refractivity contribution in [3.63, 3.8) is 0 Å². The summed E-state index contributed by atoms with van der Waals surface area (Å²) in [5.41, 5.74) is 5.77. The van der Waals surface area contributed by atoms with Crippen molar-refractivity contribution in [2.45, 2.75) is 12.5 Å². The predicted octanol–water partition coefficient (Wildman–Crippen LogP) is 0.667. The molecule has 4 nitrogen and oxygen atoms in total. The van der Waals surface area contributed by atoms with Gasteiger partial charge in [-0.05, 0) is 12.5 Å². The van der Waals surface area contributed by atoms with Gasteiger partial charge in [0.2, 0.25) is 5.95 Å². The molecule has 0 spiro atoms. The van der Waals surface area contributed by atoms with Gasteiger partial charge in [-0.25, -0.2) is 9.97 Å². The molecule has 1 saturated heterocycles. The Morgan fingerprint density at radius 1 is 1.62 bits per heavy atom. The summed E-state index contributed by atoms with van der Waals surface area (Å²) in [5, 5.41) is 0.477. The fraction of sp³-hybridized carbons (Fsp3) is 0.500. The highest BCUT2D eigenvalue weighted by atomic mass is 35.5. The number of hydrogen-bond acceptors (Lipinski definition) is 4. The first-order valence-electron chi connectivity index (χ1n) is 4.25. The van der Waals surface area contributed by atoms with Crippen molar-refractivity contribution < 1.29 is 0 Å². The van der Waals surface area contributed by atoms with Gasteiger partial charge >= 0.3 is 0 Å². The zero-order valence-corrected chi connectivity index (χ0v) is 7.91. The fourth-order valence-electron chi connectivity index (χ4n) is 1.45. The minimum absolute atomic E-state index is 0.239. The van der Waals surface area contributed by atoms with Gasteiger partial charge in [0.15, 0.2) is 0 Å². The van der Waals surface area contributed by atoms with Gasteiger partial charge in [-0.1, -0.05) is 11.6 Å². The number of halogens is 1. The van der Waals surface area contributed by atoms with Crippen LogP contribution >= 0.6 is 11.6 Å². The summed E-state index contributed by atoms with van der Waals surface area (Å²) in [6.45, 7) is 1.74. The highest BCUT2D eigenvalue weighted by molar-refractivity contribution is 6.29. The lowest BCUT2D eigenvalue weighted by Crippen LogP contribution is -2.27. The Morgan fingerprint density at radius 2 is 2.46 bits per heavy atom. The molecule has 0 bridgehead atoms. The molecule has 1 fully saturated rings. The molecule has 1 aliphatic rings. The second kappa shape index (κ2) is 3.47. The van der Waals surface area contributed by atoms with Crippen LogP contribution in [0.25, 0.3) is 0 Å². The second-order valence-corrected chi connectivity index (χ2v) is 3.56. The molecule has 0 amide bonds. The van der Waals surface area contributed by atoms with Crippen LogP contribution in [-0.4, -0.2) is 29.1 Å². The molecule has 0 aliphatic carbocycles. The van der Waals surface area contributed by atoms with E-state index in [9.17, 15) is 0 Å². The van der Waals surface area contributed by atoms with Crippen LogP contribution in [0.5, 0.6) is 0 Å². The van der Waals surface area contributed by atoms with E-state index in [1.165, 1.54) is 0 Å². The highest BCUT2D eigenvalue weighted by Gasteiger charge is 2.20. The average molecular weight is 199 g/mol. The molecule has 5 heteroatoms. The van der Waals surface area contributed by atoms with Crippen molar-refractivity contribution >= 4 is 17.5 Å². The smallest absolute Gasteiger partial charge is 0.226 e. The van der Waals surface area contributed by atoms with Crippen LogP contribution in [0.2, 0.25) is 5.15 Å². The average Bonchev–Trinajstić information content (AvgIpc) is 2.52. The molecule has 2 rings (SSSR count). The zero-order valence-electron chi connectivity index (χ0n) is 7.15. The summed E-state index contributed by atoms with van der Waals surface area (Å²) in [6, 6.07) is 1.91. The molecule has 2 heterocycles. The fourth-order valence-corrected chi connectivity index (χ4v) is 1.58. The van der Waals surface area contributed by atoms with Crippen molar-refractivity contribution in [1.82, 2.24) is 9.97 Å². The van der Waals surface area contributed by atoms with Crippen molar-refractivity contribution in [2.75, 3.05) is 18.0 Å². The maximum absolute atomic E-state index is 5.77. The Bertz CT molecular complexity index is 304. The van der Waals surface area contributed by atoms with E-state index in [4.69, 9.17) is 17.3 Å². The molecule has 0 aromatic carbocycles. The molecule has 13 heavy (non-hydrogen) atoms. The van der Waals surface area contributed by atoms with Gasteiger partial charge in [-0.3, -0.25) is 0 Å². The summed E-state index contributed by atoms with van der Waals surface area (Å²) >= 11 is 5.75. The lowest BCUT2D eigenvalue weighted by Gasteiger charge is -2.14. The molecule has 0 radical (unpaired) electrons. The highest BCUT2D eigenvalue weighted by Crippen LogP contribution is 2.16. The molecular formula is C8H11ClN4. The molecular weight excluding hydrogens is 188 g/mol. The maximum atomic E-state index is 5.77. The van der Waals surface area contributed by atoms with Crippen molar-refractivity contribution in [3.05, 3.63) is 17.4 Å². The third kappa shape index (κ3) is 1.89. The van der Waals surface area contributed by atoms with E-state index in [0.29, 0.717) is 11.1 Å². The number of nitrogens with two attached hydrogens (primary N) is 1. The SMILES string of the molecule is NC1CCN(c2nccc(Cl)n2)C1. The van der Waals surface area contributed by atoms with Gasteiger partial charge < -0.3 is 10.6 Å².